The molecule has 0 fully saturated rings. The number of carbonyl (C=O) groups excluding carboxylic acids is 3. The first-order chi connectivity index (χ1) is 15.8. The fraction of sp³-hybridized carbons (Fsp3) is 0.148. The van der Waals surface area contributed by atoms with Crippen LogP contribution in [0.5, 0.6) is 0 Å². The smallest absolute Gasteiger partial charge is 0.282 e. The molecule has 0 radical (unpaired) electrons. The molecule has 1 aliphatic rings. The number of para-hydroxylation sites is 1. The Morgan fingerprint density at radius 1 is 0.848 bits per heavy atom. The summed E-state index contributed by atoms with van der Waals surface area (Å²) in [6, 6.07) is 22.0. The van der Waals surface area contributed by atoms with E-state index in [0.29, 0.717) is 28.2 Å². The Kier molecular flexibility index (Phi) is 5.84. The number of aryl methyl sites for hydroxylation is 1. The van der Waals surface area contributed by atoms with E-state index in [0.717, 1.165) is 16.8 Å². The topological polar surface area (TPSA) is 69.7 Å². The quantitative estimate of drug-likeness (QED) is 0.586. The van der Waals surface area contributed by atoms with Gasteiger partial charge in [-0.1, -0.05) is 42.5 Å². The maximum absolute atomic E-state index is 13.7. The summed E-state index contributed by atoms with van der Waals surface area (Å²) in [7, 11) is 1.79. The molecule has 1 heterocycles. The maximum atomic E-state index is 13.7. The molecule has 3 amide bonds. The first kappa shape index (κ1) is 22.0. The number of rotatable bonds is 5. The largest absolute Gasteiger partial charge is 0.339 e. The van der Waals surface area contributed by atoms with Crippen molar-refractivity contribution < 1.29 is 14.4 Å². The van der Waals surface area contributed by atoms with Gasteiger partial charge in [-0.05, 0) is 60.9 Å². The number of amides is 3. The van der Waals surface area contributed by atoms with E-state index in [4.69, 9.17) is 0 Å². The van der Waals surface area contributed by atoms with Gasteiger partial charge in [-0.3, -0.25) is 14.4 Å². The Morgan fingerprint density at radius 2 is 1.52 bits per heavy atom. The van der Waals surface area contributed by atoms with Crippen LogP contribution < -0.4 is 15.1 Å². The van der Waals surface area contributed by atoms with E-state index < -0.39 is 0 Å². The number of hydrogen-bond acceptors (Lipinski definition) is 4. The lowest BCUT2D eigenvalue weighted by molar-refractivity contribution is -0.120. The van der Waals surface area contributed by atoms with E-state index in [2.05, 4.69) is 5.32 Å². The number of likely N-dealkylation sites (N-methyl/N-ethyl adjacent to an activating group) is 1. The molecule has 166 valence electrons. The van der Waals surface area contributed by atoms with E-state index >= 15 is 0 Å². The SMILES string of the molecule is CC(=O)Nc1ccc(C2=C(N(C)c3ccccc3)C(=O)N(c3cccc(C)c3C)C2=O)cc1. The number of carbonyl (C=O) groups is 3. The number of nitrogens with one attached hydrogen (secondary N) is 1. The predicted molar refractivity (Wildman–Crippen MR) is 131 cm³/mol. The van der Waals surface area contributed by atoms with Crippen LogP contribution in [0.15, 0.2) is 78.5 Å². The molecule has 3 aromatic rings. The lowest BCUT2D eigenvalue weighted by Crippen LogP contribution is -2.34. The van der Waals surface area contributed by atoms with Gasteiger partial charge in [0.2, 0.25) is 5.91 Å². The van der Waals surface area contributed by atoms with Crippen LogP contribution in [-0.2, 0) is 14.4 Å². The second kappa shape index (κ2) is 8.74. The zero-order valence-electron chi connectivity index (χ0n) is 19.0. The van der Waals surface area contributed by atoms with Crippen molar-refractivity contribution in [1.82, 2.24) is 0 Å². The summed E-state index contributed by atoms with van der Waals surface area (Å²) in [6.07, 6.45) is 0. The van der Waals surface area contributed by atoms with Crippen molar-refractivity contribution in [1.29, 1.82) is 0 Å². The van der Waals surface area contributed by atoms with Gasteiger partial charge in [0.1, 0.15) is 5.70 Å². The average Bonchev–Trinajstić information content (AvgIpc) is 3.06. The normalized spacial score (nSPS) is 13.5. The van der Waals surface area contributed by atoms with Gasteiger partial charge >= 0.3 is 0 Å². The molecule has 0 aromatic heterocycles. The van der Waals surface area contributed by atoms with Crippen molar-refractivity contribution in [2.45, 2.75) is 20.8 Å². The van der Waals surface area contributed by atoms with Gasteiger partial charge in [-0.25, -0.2) is 4.90 Å². The fourth-order valence-corrected chi connectivity index (χ4v) is 3.99. The second-order valence-corrected chi connectivity index (χ2v) is 8.04. The Morgan fingerprint density at radius 3 is 2.15 bits per heavy atom. The third kappa shape index (κ3) is 4.03. The van der Waals surface area contributed by atoms with Crippen LogP contribution in [-0.4, -0.2) is 24.8 Å². The molecule has 1 N–H and O–H groups in total. The molecule has 0 atom stereocenters. The summed E-state index contributed by atoms with van der Waals surface area (Å²) in [5, 5.41) is 2.72. The van der Waals surface area contributed by atoms with Gasteiger partial charge in [0.05, 0.1) is 11.3 Å². The zero-order valence-corrected chi connectivity index (χ0v) is 19.0. The Labute approximate surface area is 193 Å². The van der Waals surface area contributed by atoms with Gasteiger partial charge in [0.25, 0.3) is 11.8 Å². The number of nitrogens with zero attached hydrogens (tertiary/aromatic N) is 2. The monoisotopic (exact) mass is 439 g/mol. The van der Waals surface area contributed by atoms with Crippen molar-refractivity contribution in [3.05, 3.63) is 95.2 Å². The molecule has 3 aromatic carbocycles. The van der Waals surface area contributed by atoms with E-state index in [9.17, 15) is 14.4 Å². The van der Waals surface area contributed by atoms with E-state index in [1.807, 2.05) is 56.3 Å². The molecular weight excluding hydrogens is 414 g/mol. The standard InChI is InChI=1S/C27H25N3O3/c1-17-9-8-12-23(18(17)2)30-26(32)24(20-13-15-21(16-14-20)28-19(3)31)25(27(30)33)29(4)22-10-6-5-7-11-22/h5-16H,1-4H3,(H,28,31). The molecule has 0 bridgehead atoms. The molecule has 0 saturated carbocycles. The maximum Gasteiger partial charge on any atom is 0.282 e. The second-order valence-electron chi connectivity index (χ2n) is 8.04. The Hall–Kier alpha value is -4.19. The van der Waals surface area contributed by atoms with E-state index in [1.165, 1.54) is 11.8 Å². The number of hydrogen-bond donors (Lipinski definition) is 1. The van der Waals surface area contributed by atoms with Crippen LogP contribution in [0.1, 0.15) is 23.6 Å². The molecule has 6 heteroatoms. The first-order valence-electron chi connectivity index (χ1n) is 10.7. The van der Waals surface area contributed by atoms with Gasteiger partial charge in [0, 0.05) is 25.3 Å². The van der Waals surface area contributed by atoms with Crippen molar-refractivity contribution in [3.63, 3.8) is 0 Å². The van der Waals surface area contributed by atoms with Crippen LogP contribution in [0.25, 0.3) is 5.57 Å². The van der Waals surface area contributed by atoms with Crippen LogP contribution in [0.2, 0.25) is 0 Å². The fourth-order valence-electron chi connectivity index (χ4n) is 3.99. The molecule has 4 rings (SSSR count). The number of anilines is 3. The van der Waals surface area contributed by atoms with Crippen molar-refractivity contribution in [2.75, 3.05) is 22.2 Å². The van der Waals surface area contributed by atoms with Gasteiger partial charge in [-0.15, -0.1) is 0 Å². The van der Waals surface area contributed by atoms with Crippen LogP contribution in [0.3, 0.4) is 0 Å². The van der Waals surface area contributed by atoms with Crippen LogP contribution in [0, 0.1) is 13.8 Å². The first-order valence-corrected chi connectivity index (χ1v) is 10.7. The van der Waals surface area contributed by atoms with E-state index in [-0.39, 0.29) is 17.7 Å². The third-order valence-electron chi connectivity index (χ3n) is 5.85. The Balaban J connectivity index is 1.86. The predicted octanol–water partition coefficient (Wildman–Crippen LogP) is 4.68. The number of imide groups is 1. The van der Waals surface area contributed by atoms with Gasteiger partial charge in [-0.2, -0.15) is 0 Å². The summed E-state index contributed by atoms with van der Waals surface area (Å²) in [6.45, 7) is 5.30. The molecule has 0 aliphatic carbocycles. The minimum atomic E-state index is -0.376. The number of benzene rings is 3. The molecule has 33 heavy (non-hydrogen) atoms. The van der Waals surface area contributed by atoms with Crippen molar-refractivity contribution in [3.8, 4) is 0 Å². The lowest BCUT2D eigenvalue weighted by atomic mass is 10.0. The molecular formula is C27H25N3O3. The molecule has 0 saturated heterocycles. The molecule has 1 aliphatic heterocycles. The van der Waals surface area contributed by atoms with Gasteiger partial charge < -0.3 is 10.2 Å². The van der Waals surface area contributed by atoms with Crippen LogP contribution in [0.4, 0.5) is 17.1 Å². The minimum Gasteiger partial charge on any atom is -0.339 e. The van der Waals surface area contributed by atoms with Crippen molar-refractivity contribution in [2.24, 2.45) is 0 Å². The molecule has 0 spiro atoms. The third-order valence-corrected chi connectivity index (χ3v) is 5.85. The summed E-state index contributed by atoms with van der Waals surface area (Å²) in [4.78, 5) is 41.9. The highest BCUT2D eigenvalue weighted by Crippen LogP contribution is 2.37. The average molecular weight is 440 g/mol. The highest BCUT2D eigenvalue weighted by Gasteiger charge is 2.42. The summed E-state index contributed by atoms with van der Waals surface area (Å²) in [5.74, 6) is -0.931. The van der Waals surface area contributed by atoms with Crippen LogP contribution >= 0.6 is 0 Å². The molecule has 6 nitrogen and oxygen atoms in total. The zero-order chi connectivity index (χ0) is 23.7. The summed E-state index contributed by atoms with van der Waals surface area (Å²) < 4.78 is 0. The van der Waals surface area contributed by atoms with Gasteiger partial charge in [0.15, 0.2) is 0 Å². The Bertz CT molecular complexity index is 1280. The minimum absolute atomic E-state index is 0.181. The molecule has 0 unspecified atom stereocenters. The lowest BCUT2D eigenvalue weighted by Gasteiger charge is -2.22. The van der Waals surface area contributed by atoms with Crippen molar-refractivity contribution >= 4 is 40.4 Å². The highest BCUT2D eigenvalue weighted by molar-refractivity contribution is 6.46. The summed E-state index contributed by atoms with van der Waals surface area (Å²) >= 11 is 0. The summed E-state index contributed by atoms with van der Waals surface area (Å²) in [5.41, 5.74) is 5.10. The highest BCUT2D eigenvalue weighted by atomic mass is 16.2. The van der Waals surface area contributed by atoms with E-state index in [1.54, 1.807) is 42.3 Å².